The molecule has 0 radical (unpaired) electrons. The molecule has 3 rings (SSSR count). The Morgan fingerprint density at radius 2 is 1.85 bits per heavy atom. The van der Waals surface area contributed by atoms with Crippen LogP contribution in [0.25, 0.3) is 16.8 Å². The Morgan fingerprint density at radius 3 is 2.48 bits per heavy atom. The van der Waals surface area contributed by atoms with Crippen molar-refractivity contribution in [2.75, 3.05) is 6.61 Å². The largest absolute Gasteiger partial charge is 0.483 e. The van der Waals surface area contributed by atoms with Gasteiger partial charge in [0.2, 0.25) is 0 Å². The monoisotopic (exact) mass is 402 g/mol. The Hall–Kier alpha value is -2.32. The number of aliphatic hydroxyl groups is 1. The highest BCUT2D eigenvalue weighted by Gasteiger charge is 2.29. The summed E-state index contributed by atoms with van der Waals surface area (Å²) >= 11 is 6.12. The number of aromatic nitrogens is 2. The van der Waals surface area contributed by atoms with Gasteiger partial charge < -0.3 is 14.2 Å². The van der Waals surface area contributed by atoms with Gasteiger partial charge in [0, 0.05) is 29.6 Å². The van der Waals surface area contributed by atoms with Gasteiger partial charge in [-0.05, 0) is 32.0 Å². The Morgan fingerprint density at radius 1 is 1.15 bits per heavy atom. The lowest BCUT2D eigenvalue weighted by molar-refractivity contribution is -0.153. The third-order valence-corrected chi connectivity index (χ3v) is 3.98. The molecule has 0 atom stereocenters. The number of ether oxygens (including phenoxy) is 1. The van der Waals surface area contributed by atoms with E-state index in [4.69, 9.17) is 16.3 Å². The molecule has 0 fully saturated rings. The molecular formula is C18H15ClF4N2O2. The minimum absolute atomic E-state index is 0.195. The average molecular weight is 403 g/mol. The minimum Gasteiger partial charge on any atom is -0.483 e. The quantitative estimate of drug-likeness (QED) is 0.627. The number of benzene rings is 1. The average Bonchev–Trinajstić information content (AvgIpc) is 2.96. The third-order valence-electron chi connectivity index (χ3n) is 3.77. The molecule has 144 valence electrons. The Balaban J connectivity index is 2.18. The highest BCUT2D eigenvalue weighted by Crippen LogP contribution is 2.36. The summed E-state index contributed by atoms with van der Waals surface area (Å²) in [5, 5.41) is 10.5. The molecule has 0 aliphatic carbocycles. The van der Waals surface area contributed by atoms with E-state index in [1.165, 1.54) is 12.1 Å². The Kier molecular flexibility index (Phi) is 4.81. The van der Waals surface area contributed by atoms with Crippen molar-refractivity contribution in [3.05, 3.63) is 53.2 Å². The summed E-state index contributed by atoms with van der Waals surface area (Å²) in [5.74, 6) is -1.03. The van der Waals surface area contributed by atoms with Crippen LogP contribution in [0.2, 0.25) is 5.02 Å². The smallest absolute Gasteiger partial charge is 0.422 e. The first-order chi connectivity index (χ1) is 12.4. The second kappa shape index (κ2) is 6.69. The van der Waals surface area contributed by atoms with Crippen molar-refractivity contribution in [3.8, 4) is 16.9 Å². The van der Waals surface area contributed by atoms with Gasteiger partial charge in [0.25, 0.3) is 0 Å². The van der Waals surface area contributed by atoms with Crippen molar-refractivity contribution in [2.45, 2.75) is 25.6 Å². The topological polar surface area (TPSA) is 46.8 Å². The van der Waals surface area contributed by atoms with Gasteiger partial charge in [-0.3, -0.25) is 0 Å². The zero-order chi connectivity index (χ0) is 20.0. The minimum atomic E-state index is -4.57. The number of halogens is 5. The van der Waals surface area contributed by atoms with Crippen molar-refractivity contribution >= 4 is 17.2 Å². The molecule has 2 heterocycles. The molecule has 0 saturated heterocycles. The standard InChI is InChI=1S/C18H15ClF4N2O2/c1-17(2,26)15-8-25-7-10(19)5-13(16(25)24-15)12-4-3-11(20)6-14(12)27-9-18(21,22)23/h3-8,26H,9H2,1-2H3. The molecule has 0 spiro atoms. The van der Waals surface area contributed by atoms with Gasteiger partial charge in [-0.25, -0.2) is 9.37 Å². The summed E-state index contributed by atoms with van der Waals surface area (Å²) in [6.45, 7) is 1.53. The first kappa shape index (κ1) is 19.4. The second-order valence-electron chi connectivity index (χ2n) is 6.53. The molecule has 0 bridgehead atoms. The molecule has 0 amide bonds. The van der Waals surface area contributed by atoms with E-state index < -0.39 is 24.2 Å². The highest BCUT2D eigenvalue weighted by atomic mass is 35.5. The predicted molar refractivity (Wildman–Crippen MR) is 92.4 cm³/mol. The van der Waals surface area contributed by atoms with E-state index >= 15 is 0 Å². The molecule has 1 N–H and O–H groups in total. The van der Waals surface area contributed by atoms with E-state index in [0.717, 1.165) is 12.1 Å². The van der Waals surface area contributed by atoms with Crippen molar-refractivity contribution in [3.63, 3.8) is 0 Å². The second-order valence-corrected chi connectivity index (χ2v) is 6.97. The fraction of sp³-hybridized carbons (Fsp3) is 0.278. The van der Waals surface area contributed by atoms with Crippen molar-refractivity contribution in [1.29, 1.82) is 0 Å². The number of fused-ring (bicyclic) bond motifs is 1. The molecule has 4 nitrogen and oxygen atoms in total. The maximum absolute atomic E-state index is 13.6. The van der Waals surface area contributed by atoms with Crippen LogP contribution in [0.15, 0.2) is 36.7 Å². The van der Waals surface area contributed by atoms with Crippen LogP contribution in [-0.4, -0.2) is 27.3 Å². The van der Waals surface area contributed by atoms with E-state index in [1.54, 1.807) is 30.6 Å². The normalized spacial score (nSPS) is 12.6. The molecular weight excluding hydrogens is 388 g/mol. The maximum atomic E-state index is 13.6. The summed E-state index contributed by atoms with van der Waals surface area (Å²) in [6, 6.07) is 4.77. The highest BCUT2D eigenvalue weighted by molar-refractivity contribution is 6.31. The van der Waals surface area contributed by atoms with Crippen LogP contribution in [0.5, 0.6) is 5.75 Å². The zero-order valence-corrected chi connectivity index (χ0v) is 15.1. The number of hydrogen-bond donors (Lipinski definition) is 1. The summed E-state index contributed by atoms with van der Waals surface area (Å²) in [4.78, 5) is 4.36. The van der Waals surface area contributed by atoms with Gasteiger partial charge in [0.1, 0.15) is 22.8 Å². The lowest BCUT2D eigenvalue weighted by Crippen LogP contribution is -2.19. The van der Waals surface area contributed by atoms with Gasteiger partial charge >= 0.3 is 6.18 Å². The van der Waals surface area contributed by atoms with Crippen LogP contribution >= 0.6 is 11.6 Å². The van der Waals surface area contributed by atoms with E-state index in [2.05, 4.69) is 4.98 Å². The van der Waals surface area contributed by atoms with E-state index in [9.17, 15) is 22.7 Å². The molecule has 0 unspecified atom stereocenters. The summed E-state index contributed by atoms with van der Waals surface area (Å²) in [6.07, 6.45) is -1.47. The van der Waals surface area contributed by atoms with Crippen molar-refractivity contribution in [2.24, 2.45) is 0 Å². The SMILES string of the molecule is CC(C)(O)c1cn2cc(Cl)cc(-c3ccc(F)cc3OCC(F)(F)F)c2n1. The van der Waals surface area contributed by atoms with Gasteiger partial charge in [-0.2, -0.15) is 13.2 Å². The van der Waals surface area contributed by atoms with Gasteiger partial charge in [0.15, 0.2) is 6.61 Å². The van der Waals surface area contributed by atoms with Crippen LogP contribution < -0.4 is 4.74 Å². The van der Waals surface area contributed by atoms with Gasteiger partial charge in [-0.1, -0.05) is 11.6 Å². The van der Waals surface area contributed by atoms with Crippen LogP contribution in [0, 0.1) is 5.82 Å². The lowest BCUT2D eigenvalue weighted by Gasteiger charge is -2.14. The molecule has 9 heteroatoms. The predicted octanol–water partition coefficient (Wildman–Crippen LogP) is 4.96. The number of alkyl halides is 3. The van der Waals surface area contributed by atoms with Crippen molar-refractivity contribution in [1.82, 2.24) is 9.38 Å². The van der Waals surface area contributed by atoms with Gasteiger partial charge in [-0.15, -0.1) is 0 Å². The number of rotatable bonds is 4. The van der Waals surface area contributed by atoms with Crippen LogP contribution in [0.3, 0.4) is 0 Å². The Labute approximate surface area is 157 Å². The summed E-state index contributed by atoms with van der Waals surface area (Å²) in [5.41, 5.74) is -0.0316. The fourth-order valence-corrected chi connectivity index (χ4v) is 2.77. The molecule has 2 aromatic heterocycles. The molecule has 0 aliphatic rings. The molecule has 1 aromatic carbocycles. The molecule has 0 saturated carbocycles. The third kappa shape index (κ3) is 4.33. The van der Waals surface area contributed by atoms with E-state index in [-0.39, 0.29) is 16.3 Å². The fourth-order valence-electron chi connectivity index (χ4n) is 2.55. The first-order valence-corrected chi connectivity index (χ1v) is 8.22. The Bertz CT molecular complexity index is 993. The number of imidazole rings is 1. The van der Waals surface area contributed by atoms with Crippen LogP contribution in [-0.2, 0) is 5.60 Å². The molecule has 0 aliphatic heterocycles. The van der Waals surface area contributed by atoms with Crippen LogP contribution in [0.1, 0.15) is 19.5 Å². The zero-order valence-electron chi connectivity index (χ0n) is 14.3. The van der Waals surface area contributed by atoms with Gasteiger partial charge in [0.05, 0.1) is 10.7 Å². The van der Waals surface area contributed by atoms with E-state index in [1.807, 2.05) is 0 Å². The molecule has 3 aromatic rings. The summed E-state index contributed by atoms with van der Waals surface area (Å²) in [7, 11) is 0. The van der Waals surface area contributed by atoms with E-state index in [0.29, 0.717) is 16.9 Å². The first-order valence-electron chi connectivity index (χ1n) is 7.84. The van der Waals surface area contributed by atoms with Crippen molar-refractivity contribution < 1.29 is 27.4 Å². The number of hydrogen-bond acceptors (Lipinski definition) is 3. The number of nitrogens with zero attached hydrogens (tertiary/aromatic N) is 2. The molecule has 27 heavy (non-hydrogen) atoms. The summed E-state index contributed by atoms with van der Waals surface area (Å²) < 4.78 is 57.6. The van der Waals surface area contributed by atoms with Crippen LogP contribution in [0.4, 0.5) is 17.6 Å². The lowest BCUT2D eigenvalue weighted by atomic mass is 10.1. The maximum Gasteiger partial charge on any atom is 0.422 e. The number of pyridine rings is 1.